The Labute approximate surface area is 231 Å². The minimum atomic E-state index is -0.567. The molecule has 0 saturated carbocycles. The lowest BCUT2D eigenvalue weighted by molar-refractivity contribution is -0.444. The van der Waals surface area contributed by atoms with E-state index in [9.17, 15) is 14.4 Å². The molecule has 40 heavy (non-hydrogen) atoms. The van der Waals surface area contributed by atoms with Crippen molar-refractivity contribution in [1.82, 2.24) is 10.6 Å². The number of anilines is 4. The smallest absolute Gasteiger partial charge is 0.323 e. The predicted molar refractivity (Wildman–Crippen MR) is 156 cm³/mol. The van der Waals surface area contributed by atoms with Gasteiger partial charge < -0.3 is 26.6 Å². The monoisotopic (exact) mass is 541 g/mol. The van der Waals surface area contributed by atoms with Gasteiger partial charge in [-0.1, -0.05) is 11.1 Å². The molecule has 12 heteroatoms. The van der Waals surface area contributed by atoms with Crippen LogP contribution in [0.4, 0.5) is 32.3 Å². The molecule has 0 aliphatic carbocycles. The Hall–Kier alpha value is -5.52. The molecule has 8 N–H and O–H groups in total. The molecule has 0 radical (unpaired) electrons. The quantitative estimate of drug-likeness (QED) is 0.155. The summed E-state index contributed by atoms with van der Waals surface area (Å²) in [4.78, 5) is 48.0. The highest BCUT2D eigenvalue weighted by Crippen LogP contribution is 2.22. The summed E-state index contributed by atoms with van der Waals surface area (Å²) in [5, 5.41) is 16.8. The zero-order chi connectivity index (χ0) is 28.5. The van der Waals surface area contributed by atoms with Crippen LogP contribution in [0.1, 0.15) is 21.5 Å². The third-order valence-electron chi connectivity index (χ3n) is 5.95. The molecule has 3 aromatic rings. The highest BCUT2D eigenvalue weighted by Gasteiger charge is 2.17. The molecule has 1 aliphatic rings. The van der Waals surface area contributed by atoms with Crippen LogP contribution in [-0.4, -0.2) is 63.5 Å². The minimum Gasteiger partial charge on any atom is -0.355 e. The normalized spacial score (nSPS) is 12.4. The van der Waals surface area contributed by atoms with E-state index in [1.54, 1.807) is 43.4 Å². The number of nitrogens with one attached hydrogen (secondary N) is 8. The van der Waals surface area contributed by atoms with Gasteiger partial charge in [0.15, 0.2) is 0 Å². The van der Waals surface area contributed by atoms with Crippen molar-refractivity contribution in [2.45, 2.75) is 0 Å². The lowest BCUT2D eigenvalue weighted by Gasteiger charge is -2.14. The highest BCUT2D eigenvalue weighted by atomic mass is 16.2. The van der Waals surface area contributed by atoms with Gasteiger partial charge in [-0.25, -0.2) is 9.59 Å². The summed E-state index contributed by atoms with van der Waals surface area (Å²) in [6.45, 7) is 5.20. The SMILES string of the molecule is C=NC(=[NH+]C)c1ccc(NC(=O)Nc2cc(NC(=O)Nc3cccc(C4=[NH+]CCN4)c3)ccc2C(=O)NC)cc1. The van der Waals surface area contributed by atoms with E-state index in [4.69, 9.17) is 0 Å². The van der Waals surface area contributed by atoms with Crippen LogP contribution in [0.5, 0.6) is 0 Å². The van der Waals surface area contributed by atoms with Crippen LogP contribution in [0.25, 0.3) is 0 Å². The van der Waals surface area contributed by atoms with Gasteiger partial charge in [0.05, 0.1) is 29.4 Å². The van der Waals surface area contributed by atoms with Gasteiger partial charge in [-0.05, 0) is 60.7 Å². The number of hydrogen-bond donors (Lipinski definition) is 8. The largest absolute Gasteiger partial charge is 0.355 e. The van der Waals surface area contributed by atoms with Gasteiger partial charge in [0, 0.05) is 24.1 Å². The first kappa shape index (κ1) is 27.5. The standard InChI is InChI=1S/C28H29N9O3/c1-29-24(30-2)17-7-9-19(10-8-17)34-28(40)37-23-16-21(11-12-22(23)26(38)31-3)36-27(39)35-20-6-4-5-18(15-20)25-32-13-14-33-25/h4-12,15-16H,1,13-14H2,2-3H3,(H,31,38)(H,32,33)(H2,34,37,40)(H2,35,36,39)/p+2. The van der Waals surface area contributed by atoms with Crippen molar-refractivity contribution in [2.24, 2.45) is 4.99 Å². The molecule has 12 nitrogen and oxygen atoms in total. The second kappa shape index (κ2) is 12.8. The average molecular weight is 542 g/mol. The Morgan fingerprint density at radius 2 is 1.57 bits per heavy atom. The van der Waals surface area contributed by atoms with E-state index < -0.39 is 18.0 Å². The summed E-state index contributed by atoms with van der Waals surface area (Å²) in [5.41, 5.74) is 3.68. The molecule has 0 aromatic heterocycles. The molecule has 5 amide bonds. The lowest BCUT2D eigenvalue weighted by atomic mass is 10.1. The van der Waals surface area contributed by atoms with Crippen LogP contribution in [0.2, 0.25) is 0 Å². The van der Waals surface area contributed by atoms with Crippen molar-refractivity contribution in [3.63, 3.8) is 0 Å². The van der Waals surface area contributed by atoms with Crippen LogP contribution in [-0.2, 0) is 0 Å². The van der Waals surface area contributed by atoms with Crippen molar-refractivity contribution < 1.29 is 24.4 Å². The van der Waals surface area contributed by atoms with Crippen LogP contribution in [0.3, 0.4) is 0 Å². The number of nitrogens with zero attached hydrogens (tertiary/aromatic N) is 1. The predicted octanol–water partition coefficient (Wildman–Crippen LogP) is -0.0778. The zero-order valence-corrected chi connectivity index (χ0v) is 22.1. The zero-order valence-electron chi connectivity index (χ0n) is 22.1. The first-order valence-corrected chi connectivity index (χ1v) is 12.5. The van der Waals surface area contributed by atoms with Gasteiger partial charge in [0.2, 0.25) is 0 Å². The Bertz CT molecular complexity index is 1500. The fourth-order valence-corrected chi connectivity index (χ4v) is 4.06. The van der Waals surface area contributed by atoms with Gasteiger partial charge >= 0.3 is 17.9 Å². The summed E-state index contributed by atoms with van der Waals surface area (Å²) in [6.07, 6.45) is 0. The van der Waals surface area contributed by atoms with Crippen molar-refractivity contribution in [2.75, 3.05) is 48.5 Å². The Balaban J connectivity index is 1.45. The van der Waals surface area contributed by atoms with E-state index in [0.717, 1.165) is 30.1 Å². The first-order valence-electron chi connectivity index (χ1n) is 12.5. The Morgan fingerprint density at radius 3 is 2.23 bits per heavy atom. The van der Waals surface area contributed by atoms with Crippen LogP contribution in [0.15, 0.2) is 71.7 Å². The van der Waals surface area contributed by atoms with E-state index in [1.165, 1.54) is 19.2 Å². The van der Waals surface area contributed by atoms with E-state index in [0.29, 0.717) is 22.9 Å². The van der Waals surface area contributed by atoms with E-state index in [-0.39, 0.29) is 11.3 Å². The second-order valence-electron chi connectivity index (χ2n) is 8.64. The van der Waals surface area contributed by atoms with Gasteiger partial charge in [-0.3, -0.25) is 20.1 Å². The molecule has 3 aromatic carbocycles. The molecule has 4 rings (SSSR count). The van der Waals surface area contributed by atoms with Crippen molar-refractivity contribution in [1.29, 1.82) is 0 Å². The van der Waals surface area contributed by atoms with E-state index in [1.807, 2.05) is 18.2 Å². The Kier molecular flexibility index (Phi) is 8.82. The molecule has 0 atom stereocenters. The first-order chi connectivity index (χ1) is 19.4. The fourth-order valence-electron chi connectivity index (χ4n) is 4.06. The van der Waals surface area contributed by atoms with Gasteiger partial charge in [-0.15, -0.1) is 0 Å². The molecule has 1 heterocycles. The molecule has 0 fully saturated rings. The number of urea groups is 2. The van der Waals surface area contributed by atoms with Crippen molar-refractivity contribution >= 4 is 59.1 Å². The molecule has 0 unspecified atom stereocenters. The Morgan fingerprint density at radius 1 is 0.900 bits per heavy atom. The number of carbonyl (C=O) groups is 3. The number of aliphatic imine (C=N–C) groups is 1. The van der Waals surface area contributed by atoms with E-state index in [2.05, 4.69) is 53.6 Å². The third kappa shape index (κ3) is 6.86. The van der Waals surface area contributed by atoms with Crippen molar-refractivity contribution in [3.05, 3.63) is 83.4 Å². The average Bonchev–Trinajstić information content (AvgIpc) is 3.50. The molecule has 1 aliphatic heterocycles. The summed E-state index contributed by atoms with van der Waals surface area (Å²) in [7, 11) is 3.23. The summed E-state index contributed by atoms with van der Waals surface area (Å²) in [6, 6.07) is 18.0. The molecule has 204 valence electrons. The van der Waals surface area contributed by atoms with Gasteiger partial charge in [0.25, 0.3) is 11.7 Å². The summed E-state index contributed by atoms with van der Waals surface area (Å²) < 4.78 is 0. The topological polar surface area (TPSA) is 164 Å². The summed E-state index contributed by atoms with van der Waals surface area (Å²) >= 11 is 0. The van der Waals surface area contributed by atoms with Crippen LogP contribution in [0, 0.1) is 0 Å². The number of benzene rings is 3. The highest BCUT2D eigenvalue weighted by molar-refractivity contribution is 6.08. The van der Waals surface area contributed by atoms with Crippen molar-refractivity contribution in [3.8, 4) is 0 Å². The number of hydrogen-bond acceptors (Lipinski definition) is 4. The van der Waals surface area contributed by atoms with Gasteiger partial charge in [0.1, 0.15) is 19.8 Å². The molecule has 0 spiro atoms. The van der Waals surface area contributed by atoms with Crippen LogP contribution < -0.4 is 41.9 Å². The molecule has 0 bridgehead atoms. The maximum atomic E-state index is 12.8. The number of amides is 5. The maximum absolute atomic E-state index is 12.8. The maximum Gasteiger partial charge on any atom is 0.323 e. The van der Waals surface area contributed by atoms with Gasteiger partial charge in [-0.2, -0.15) is 0 Å². The fraction of sp³-hybridized carbons (Fsp3) is 0.143. The van der Waals surface area contributed by atoms with Crippen LogP contribution >= 0.6 is 0 Å². The van der Waals surface area contributed by atoms with E-state index >= 15 is 0 Å². The number of carbonyl (C=O) groups excluding carboxylic acids is 3. The number of amidine groups is 2. The number of rotatable bonds is 7. The molecular weight excluding hydrogens is 510 g/mol. The second-order valence-corrected chi connectivity index (χ2v) is 8.64. The summed E-state index contributed by atoms with van der Waals surface area (Å²) in [5.74, 6) is 1.12. The molecule has 0 saturated heterocycles. The third-order valence-corrected chi connectivity index (χ3v) is 5.95. The minimum absolute atomic E-state index is 0.213. The molecular formula is C28H31N9O3+2. The lowest BCUT2D eigenvalue weighted by Crippen LogP contribution is -2.70.